The van der Waals surface area contributed by atoms with Crippen LogP contribution in [0.2, 0.25) is 0 Å². The Bertz CT molecular complexity index is 860. The van der Waals surface area contributed by atoms with Crippen LogP contribution in [0, 0.1) is 6.92 Å². The van der Waals surface area contributed by atoms with Gasteiger partial charge < -0.3 is 4.98 Å². The first-order chi connectivity index (χ1) is 8.95. The van der Waals surface area contributed by atoms with Gasteiger partial charge in [0.2, 0.25) is 0 Å². The fourth-order valence-electron chi connectivity index (χ4n) is 2.04. The first-order valence-electron chi connectivity index (χ1n) is 5.70. The highest BCUT2D eigenvalue weighted by molar-refractivity contribution is 7.92. The maximum absolute atomic E-state index is 11.5. The molecule has 0 fully saturated rings. The molecule has 3 aromatic rings. The van der Waals surface area contributed by atoms with Crippen LogP contribution < -0.4 is 0 Å². The van der Waals surface area contributed by atoms with E-state index in [0.29, 0.717) is 4.21 Å². The molecule has 4 nitrogen and oxygen atoms in total. The van der Waals surface area contributed by atoms with Crippen LogP contribution in [0.3, 0.4) is 0 Å². The summed E-state index contributed by atoms with van der Waals surface area (Å²) in [5.74, 6) is 0. The summed E-state index contributed by atoms with van der Waals surface area (Å²) in [4.78, 5) is 8.39. The van der Waals surface area contributed by atoms with Crippen LogP contribution in [-0.4, -0.2) is 24.6 Å². The molecule has 0 radical (unpaired) electrons. The molecule has 0 saturated heterocycles. The van der Waals surface area contributed by atoms with E-state index in [1.54, 1.807) is 12.3 Å². The van der Waals surface area contributed by atoms with Gasteiger partial charge in [-0.1, -0.05) is 0 Å². The third-order valence-corrected chi connectivity index (χ3v) is 5.82. The summed E-state index contributed by atoms with van der Waals surface area (Å²) in [6.07, 6.45) is 2.96. The number of nitrogens with one attached hydrogen (secondary N) is 1. The van der Waals surface area contributed by atoms with Gasteiger partial charge in [-0.05, 0) is 31.2 Å². The molecule has 0 bridgehead atoms. The first kappa shape index (κ1) is 12.4. The van der Waals surface area contributed by atoms with Crippen LogP contribution >= 0.6 is 11.3 Å². The van der Waals surface area contributed by atoms with Crippen LogP contribution in [0.15, 0.2) is 34.7 Å². The van der Waals surface area contributed by atoms with E-state index in [0.717, 1.165) is 27.2 Å². The van der Waals surface area contributed by atoms with Gasteiger partial charge in [-0.3, -0.25) is 0 Å². The highest BCUT2D eigenvalue weighted by Crippen LogP contribution is 2.34. The third-order valence-electron chi connectivity index (χ3n) is 2.88. The number of aromatic nitrogens is 2. The minimum Gasteiger partial charge on any atom is -0.344 e. The molecular formula is C13H12N2O2S2. The Labute approximate surface area is 115 Å². The number of hydrogen-bond donors (Lipinski definition) is 1. The second-order valence-corrected chi connectivity index (χ2v) is 7.79. The fraction of sp³-hybridized carbons (Fsp3) is 0.154. The van der Waals surface area contributed by atoms with Gasteiger partial charge in [0.05, 0.1) is 0 Å². The lowest BCUT2D eigenvalue weighted by Gasteiger charge is -1.98. The molecular weight excluding hydrogens is 280 g/mol. The molecule has 98 valence electrons. The summed E-state index contributed by atoms with van der Waals surface area (Å²) in [6, 6.07) is 7.43. The number of fused-ring (bicyclic) bond motifs is 1. The normalized spacial score (nSPS) is 12.1. The summed E-state index contributed by atoms with van der Waals surface area (Å²) in [5.41, 5.74) is 2.87. The number of thiophene rings is 1. The van der Waals surface area contributed by atoms with E-state index in [1.165, 1.54) is 17.6 Å². The van der Waals surface area contributed by atoms with Gasteiger partial charge in [0.15, 0.2) is 9.84 Å². The van der Waals surface area contributed by atoms with E-state index in [4.69, 9.17) is 0 Å². The zero-order valence-corrected chi connectivity index (χ0v) is 12.1. The van der Waals surface area contributed by atoms with Crippen molar-refractivity contribution in [3.05, 3.63) is 36.2 Å². The van der Waals surface area contributed by atoms with Crippen molar-refractivity contribution >= 4 is 32.2 Å². The Kier molecular flexibility index (Phi) is 2.72. The molecule has 0 aliphatic heterocycles. The summed E-state index contributed by atoms with van der Waals surface area (Å²) in [5, 5.41) is 1.02. The Morgan fingerprint density at radius 3 is 2.74 bits per heavy atom. The van der Waals surface area contributed by atoms with Crippen molar-refractivity contribution in [3.63, 3.8) is 0 Å². The minimum absolute atomic E-state index is 0.389. The minimum atomic E-state index is -3.14. The molecule has 3 aromatic heterocycles. The lowest BCUT2D eigenvalue weighted by Crippen LogP contribution is -1.91. The van der Waals surface area contributed by atoms with Crippen molar-refractivity contribution < 1.29 is 8.42 Å². The second-order valence-electron chi connectivity index (χ2n) is 4.46. The van der Waals surface area contributed by atoms with E-state index in [-0.39, 0.29) is 0 Å². The summed E-state index contributed by atoms with van der Waals surface area (Å²) in [7, 11) is -3.14. The molecule has 19 heavy (non-hydrogen) atoms. The van der Waals surface area contributed by atoms with E-state index in [2.05, 4.69) is 9.97 Å². The molecule has 0 amide bonds. The summed E-state index contributed by atoms with van der Waals surface area (Å²) >= 11 is 1.29. The smallest absolute Gasteiger partial charge is 0.184 e. The highest BCUT2D eigenvalue weighted by Gasteiger charge is 2.14. The fourth-order valence-corrected chi connectivity index (χ4v) is 4.00. The molecule has 3 heterocycles. The highest BCUT2D eigenvalue weighted by atomic mass is 32.2. The predicted molar refractivity (Wildman–Crippen MR) is 77.3 cm³/mol. The Balaban J connectivity index is 2.22. The van der Waals surface area contributed by atoms with Gasteiger partial charge in [-0.25, -0.2) is 13.4 Å². The van der Waals surface area contributed by atoms with Crippen molar-refractivity contribution in [1.29, 1.82) is 0 Å². The van der Waals surface area contributed by atoms with Crippen molar-refractivity contribution in [2.24, 2.45) is 0 Å². The summed E-state index contributed by atoms with van der Waals surface area (Å²) < 4.78 is 23.5. The lowest BCUT2D eigenvalue weighted by atomic mass is 10.1. The first-order valence-corrected chi connectivity index (χ1v) is 8.40. The molecule has 0 saturated carbocycles. The van der Waals surface area contributed by atoms with Crippen molar-refractivity contribution in [1.82, 2.24) is 9.97 Å². The monoisotopic (exact) mass is 292 g/mol. The van der Waals surface area contributed by atoms with Gasteiger partial charge in [0.25, 0.3) is 0 Å². The van der Waals surface area contributed by atoms with Crippen LogP contribution in [-0.2, 0) is 9.84 Å². The zero-order chi connectivity index (χ0) is 13.6. The van der Waals surface area contributed by atoms with Crippen molar-refractivity contribution in [2.75, 3.05) is 6.26 Å². The molecule has 0 spiro atoms. The SMILES string of the molecule is Cc1cc2c(-c3ccc(S(C)(=O)=O)s3)ccnc2[nH]1. The summed E-state index contributed by atoms with van der Waals surface area (Å²) in [6.45, 7) is 1.97. The zero-order valence-electron chi connectivity index (χ0n) is 10.5. The van der Waals surface area contributed by atoms with Crippen LogP contribution in [0.4, 0.5) is 0 Å². The van der Waals surface area contributed by atoms with Crippen LogP contribution in [0.25, 0.3) is 21.5 Å². The lowest BCUT2D eigenvalue weighted by molar-refractivity contribution is 0.604. The van der Waals surface area contributed by atoms with E-state index in [1.807, 2.05) is 25.1 Å². The molecule has 0 unspecified atom stereocenters. The second kappa shape index (κ2) is 4.18. The number of pyridine rings is 1. The Hall–Kier alpha value is -1.66. The number of aromatic amines is 1. The Morgan fingerprint density at radius 2 is 2.05 bits per heavy atom. The average molecular weight is 292 g/mol. The van der Waals surface area contributed by atoms with Gasteiger partial charge in [-0.15, -0.1) is 11.3 Å². The third kappa shape index (κ3) is 2.17. The molecule has 0 aliphatic carbocycles. The number of H-pyrrole nitrogens is 1. The van der Waals surface area contributed by atoms with Gasteiger partial charge in [0, 0.05) is 34.0 Å². The number of aryl methyl sites for hydroxylation is 1. The number of sulfone groups is 1. The molecule has 1 N–H and O–H groups in total. The van der Waals surface area contributed by atoms with E-state index in [9.17, 15) is 8.42 Å². The van der Waals surface area contributed by atoms with Gasteiger partial charge >= 0.3 is 0 Å². The quantitative estimate of drug-likeness (QED) is 0.789. The number of hydrogen-bond acceptors (Lipinski definition) is 4. The molecule has 3 rings (SSSR count). The van der Waals surface area contributed by atoms with E-state index >= 15 is 0 Å². The maximum atomic E-state index is 11.5. The van der Waals surface area contributed by atoms with Crippen LogP contribution in [0.1, 0.15) is 5.69 Å². The molecule has 0 atom stereocenters. The van der Waals surface area contributed by atoms with Crippen LogP contribution in [0.5, 0.6) is 0 Å². The van der Waals surface area contributed by atoms with Gasteiger partial charge in [0.1, 0.15) is 9.86 Å². The van der Waals surface area contributed by atoms with E-state index < -0.39 is 9.84 Å². The molecule has 0 aromatic carbocycles. The largest absolute Gasteiger partial charge is 0.344 e. The predicted octanol–water partition coefficient (Wildman–Crippen LogP) is 3.00. The van der Waals surface area contributed by atoms with Crippen molar-refractivity contribution in [3.8, 4) is 10.4 Å². The average Bonchev–Trinajstić information content (AvgIpc) is 2.91. The maximum Gasteiger partial charge on any atom is 0.184 e. The molecule has 0 aliphatic rings. The number of nitrogens with zero attached hydrogens (tertiary/aromatic N) is 1. The topological polar surface area (TPSA) is 62.8 Å². The van der Waals surface area contributed by atoms with Crippen molar-refractivity contribution in [2.45, 2.75) is 11.1 Å². The number of rotatable bonds is 2. The standard InChI is InChI=1S/C13H12N2O2S2/c1-8-7-10-9(5-6-14-13(10)15-8)11-3-4-12(18-11)19(2,16)17/h3-7H,1-2H3,(H,14,15). The molecule has 6 heteroatoms. The van der Waals surface area contributed by atoms with Gasteiger partial charge in [-0.2, -0.15) is 0 Å². The Morgan fingerprint density at radius 1 is 1.26 bits per heavy atom.